The van der Waals surface area contributed by atoms with Gasteiger partial charge in [-0.3, -0.25) is 0 Å². The summed E-state index contributed by atoms with van der Waals surface area (Å²) in [5.41, 5.74) is 0.893. The van der Waals surface area contributed by atoms with Crippen LogP contribution in [0, 0.1) is 0 Å². The normalized spacial score (nSPS) is 11.9. The van der Waals surface area contributed by atoms with E-state index in [1.165, 1.54) is 42.5 Å². The lowest BCUT2D eigenvalue weighted by molar-refractivity contribution is -0.165. The molecule has 0 amide bonds. The number of carbonyl (C=O) groups is 2. The Morgan fingerprint density at radius 1 is 0.966 bits per heavy atom. The summed E-state index contributed by atoms with van der Waals surface area (Å²) in [4.78, 5) is 24.4. The number of phenolic OH excluding ortho intramolecular Hbond substituents is 4. The zero-order valence-corrected chi connectivity index (χ0v) is 15.7. The van der Waals surface area contributed by atoms with E-state index in [4.69, 9.17) is 9.47 Å². The highest BCUT2D eigenvalue weighted by molar-refractivity contribution is 5.89. The van der Waals surface area contributed by atoms with Gasteiger partial charge < -0.3 is 29.9 Å². The minimum atomic E-state index is -1.25. The van der Waals surface area contributed by atoms with E-state index < -0.39 is 18.0 Å². The fourth-order valence-corrected chi connectivity index (χ4v) is 2.37. The molecule has 0 aliphatic carbocycles. The van der Waals surface area contributed by atoms with Crippen LogP contribution in [0.3, 0.4) is 0 Å². The van der Waals surface area contributed by atoms with Gasteiger partial charge in [-0.2, -0.15) is 0 Å². The molecule has 0 aliphatic heterocycles. The van der Waals surface area contributed by atoms with E-state index in [2.05, 4.69) is 0 Å². The Morgan fingerprint density at radius 2 is 1.62 bits per heavy atom. The number of rotatable bonds is 8. The fraction of sp³-hybridized carbons (Fsp3) is 0.238. The molecule has 0 radical (unpaired) electrons. The molecule has 2 aromatic rings. The number of ether oxygens (including phenoxy) is 2. The van der Waals surface area contributed by atoms with Crippen molar-refractivity contribution in [3.05, 3.63) is 53.6 Å². The first-order valence-corrected chi connectivity index (χ1v) is 8.88. The summed E-state index contributed by atoms with van der Waals surface area (Å²) < 4.78 is 10.3. The molecule has 0 aliphatic rings. The van der Waals surface area contributed by atoms with Crippen LogP contribution in [0.1, 0.15) is 24.5 Å². The van der Waals surface area contributed by atoms with Gasteiger partial charge in [-0.15, -0.1) is 0 Å². The fourth-order valence-electron chi connectivity index (χ4n) is 2.37. The Kier molecular flexibility index (Phi) is 7.47. The maximum Gasteiger partial charge on any atom is 0.347 e. The first-order chi connectivity index (χ1) is 13.8. The van der Waals surface area contributed by atoms with E-state index in [9.17, 15) is 30.0 Å². The van der Waals surface area contributed by atoms with Crippen molar-refractivity contribution in [1.29, 1.82) is 0 Å². The molecule has 8 nitrogen and oxygen atoms in total. The summed E-state index contributed by atoms with van der Waals surface area (Å²) in [6.07, 6.45) is 1.70. The summed E-state index contributed by atoms with van der Waals surface area (Å²) in [7, 11) is 0. The number of hydrogen-bond acceptors (Lipinski definition) is 8. The Labute approximate surface area is 167 Å². The predicted octanol–water partition coefficient (Wildman–Crippen LogP) is 2.63. The number of phenols is 4. The zero-order valence-electron chi connectivity index (χ0n) is 15.7. The van der Waals surface area contributed by atoms with Crippen molar-refractivity contribution < 1.29 is 39.5 Å². The molecule has 154 valence electrons. The molecule has 0 heterocycles. The van der Waals surface area contributed by atoms with Gasteiger partial charge in [0.25, 0.3) is 0 Å². The van der Waals surface area contributed by atoms with Gasteiger partial charge in [0.1, 0.15) is 0 Å². The molecule has 0 spiro atoms. The van der Waals surface area contributed by atoms with Gasteiger partial charge in [0.05, 0.1) is 6.61 Å². The molecule has 4 N–H and O–H groups in total. The molecule has 0 saturated heterocycles. The van der Waals surface area contributed by atoms with Gasteiger partial charge in [-0.1, -0.05) is 19.1 Å². The molecule has 8 heteroatoms. The Balaban J connectivity index is 2.11. The third kappa shape index (κ3) is 6.46. The van der Waals surface area contributed by atoms with E-state index in [1.54, 1.807) is 0 Å². The first kappa shape index (κ1) is 21.6. The molecular formula is C21H22O8. The van der Waals surface area contributed by atoms with Gasteiger partial charge in [0, 0.05) is 12.5 Å². The van der Waals surface area contributed by atoms with Crippen molar-refractivity contribution >= 4 is 18.0 Å². The van der Waals surface area contributed by atoms with Crippen molar-refractivity contribution in [2.24, 2.45) is 0 Å². The van der Waals surface area contributed by atoms with Gasteiger partial charge in [-0.05, 0) is 47.9 Å². The molecule has 29 heavy (non-hydrogen) atoms. The zero-order chi connectivity index (χ0) is 21.4. The number of carbonyl (C=O) groups excluding carboxylic acids is 2. The quantitative estimate of drug-likeness (QED) is 0.301. The van der Waals surface area contributed by atoms with Crippen LogP contribution in [-0.2, 0) is 25.5 Å². The van der Waals surface area contributed by atoms with Crippen LogP contribution in [0.25, 0.3) is 6.08 Å². The van der Waals surface area contributed by atoms with Crippen LogP contribution < -0.4 is 0 Å². The van der Waals surface area contributed by atoms with Crippen LogP contribution in [0.4, 0.5) is 0 Å². The van der Waals surface area contributed by atoms with Crippen molar-refractivity contribution in [3.63, 3.8) is 0 Å². The van der Waals surface area contributed by atoms with Crippen LogP contribution >= 0.6 is 0 Å². The van der Waals surface area contributed by atoms with Crippen LogP contribution in [-0.4, -0.2) is 45.1 Å². The van der Waals surface area contributed by atoms with Crippen molar-refractivity contribution in [3.8, 4) is 23.0 Å². The Morgan fingerprint density at radius 3 is 2.24 bits per heavy atom. The number of benzene rings is 2. The third-order valence-corrected chi connectivity index (χ3v) is 3.84. The molecule has 0 unspecified atom stereocenters. The van der Waals surface area contributed by atoms with Crippen molar-refractivity contribution in [1.82, 2.24) is 0 Å². The lowest BCUT2D eigenvalue weighted by Crippen LogP contribution is -2.31. The smallest absolute Gasteiger partial charge is 0.347 e. The molecule has 0 saturated carbocycles. The lowest BCUT2D eigenvalue weighted by Gasteiger charge is -2.16. The van der Waals surface area contributed by atoms with Crippen molar-refractivity contribution in [2.45, 2.75) is 25.9 Å². The minimum absolute atomic E-state index is 0.0596. The average Bonchev–Trinajstić information content (AvgIpc) is 2.69. The van der Waals surface area contributed by atoms with Gasteiger partial charge >= 0.3 is 11.9 Å². The van der Waals surface area contributed by atoms with E-state index in [0.29, 0.717) is 17.5 Å². The minimum Gasteiger partial charge on any atom is -0.504 e. The van der Waals surface area contributed by atoms with E-state index in [-0.39, 0.29) is 36.0 Å². The van der Waals surface area contributed by atoms with Gasteiger partial charge in [-0.25, -0.2) is 9.59 Å². The summed E-state index contributed by atoms with van der Waals surface area (Å²) in [5, 5.41) is 37.8. The molecule has 0 bridgehead atoms. The topological polar surface area (TPSA) is 134 Å². The Hall–Kier alpha value is -3.68. The maximum absolute atomic E-state index is 12.3. The van der Waals surface area contributed by atoms with Crippen LogP contribution in [0.15, 0.2) is 42.5 Å². The van der Waals surface area contributed by atoms with Gasteiger partial charge in [0.2, 0.25) is 6.10 Å². The van der Waals surface area contributed by atoms with Gasteiger partial charge in [0.15, 0.2) is 23.0 Å². The average molecular weight is 402 g/mol. The number of esters is 2. The highest BCUT2D eigenvalue weighted by atomic mass is 16.6. The van der Waals surface area contributed by atoms with Crippen molar-refractivity contribution in [2.75, 3.05) is 6.61 Å². The molecule has 0 aromatic heterocycles. The maximum atomic E-state index is 12.3. The second-order valence-corrected chi connectivity index (χ2v) is 6.20. The summed E-state index contributed by atoms with van der Waals surface area (Å²) >= 11 is 0. The second kappa shape index (κ2) is 10.0. The summed E-state index contributed by atoms with van der Waals surface area (Å²) in [6.45, 7) is 1.98. The predicted molar refractivity (Wildman–Crippen MR) is 103 cm³/mol. The van der Waals surface area contributed by atoms with Crippen LogP contribution in [0.5, 0.6) is 23.0 Å². The molecule has 0 fully saturated rings. The summed E-state index contributed by atoms with van der Waals surface area (Å²) in [6, 6.07) is 8.01. The third-order valence-electron chi connectivity index (χ3n) is 3.84. The van der Waals surface area contributed by atoms with E-state index >= 15 is 0 Å². The second-order valence-electron chi connectivity index (χ2n) is 6.20. The highest BCUT2D eigenvalue weighted by Crippen LogP contribution is 2.26. The number of aromatic hydroxyl groups is 4. The standard InChI is InChI=1S/C21H22O8/c1-2-9-28-21(27)19(12-14-4-7-16(23)18(25)11-14)29-20(26)8-5-13-3-6-15(22)17(24)10-13/h3-8,10-11,19,22-25H,2,9,12H2,1H3/b8-5+/t19-/m1/s1. The molecular weight excluding hydrogens is 380 g/mol. The van der Waals surface area contributed by atoms with Crippen LogP contribution in [0.2, 0.25) is 0 Å². The monoisotopic (exact) mass is 402 g/mol. The summed E-state index contributed by atoms with van der Waals surface area (Å²) in [5.74, 6) is -2.85. The SMILES string of the molecule is CCCOC(=O)[C@@H](Cc1ccc(O)c(O)c1)OC(=O)/C=C/c1ccc(O)c(O)c1. The first-order valence-electron chi connectivity index (χ1n) is 8.88. The molecule has 1 atom stereocenters. The lowest BCUT2D eigenvalue weighted by atomic mass is 10.1. The van der Waals surface area contributed by atoms with E-state index in [0.717, 1.165) is 6.08 Å². The highest BCUT2D eigenvalue weighted by Gasteiger charge is 2.24. The largest absolute Gasteiger partial charge is 0.504 e. The molecule has 2 rings (SSSR count). The Bertz CT molecular complexity index is 904. The number of hydrogen-bond donors (Lipinski definition) is 4. The van der Waals surface area contributed by atoms with E-state index in [1.807, 2.05) is 6.92 Å². The molecule has 2 aromatic carbocycles.